The molecule has 0 fully saturated rings. The molecule has 1 heterocycles. The molecule has 0 aromatic heterocycles. The predicted octanol–water partition coefficient (Wildman–Crippen LogP) is 2.08. The molecule has 1 unspecified atom stereocenters. The van der Waals surface area contributed by atoms with Crippen molar-refractivity contribution in [2.45, 2.75) is 18.7 Å². The fraction of sp³-hybridized carbons (Fsp3) is 0.462. The topological polar surface area (TPSA) is 49.8 Å². The van der Waals surface area contributed by atoms with Crippen molar-refractivity contribution in [1.29, 1.82) is 0 Å². The van der Waals surface area contributed by atoms with Crippen LogP contribution < -0.4 is 4.74 Å². The number of carboxylic acids is 1. The highest BCUT2D eigenvalue weighted by Crippen LogP contribution is 2.30. The summed E-state index contributed by atoms with van der Waals surface area (Å²) in [5.41, 5.74) is 0.572. The van der Waals surface area contributed by atoms with Crippen LogP contribution in [-0.4, -0.2) is 47.9 Å². The number of alkyl halides is 3. The highest BCUT2D eigenvalue weighted by Gasteiger charge is 2.34. The number of fused-ring (bicyclic) bond motifs is 1. The van der Waals surface area contributed by atoms with Gasteiger partial charge in [0.2, 0.25) is 0 Å². The highest BCUT2D eigenvalue weighted by atomic mass is 19.4. The molecule has 1 aliphatic rings. The molecule has 0 saturated heterocycles. The first-order chi connectivity index (χ1) is 9.73. The SMILES string of the molecule is O=C(O)CN(CC1Cc2cc(F)ccc2O1)CC(F)(F)F. The van der Waals surface area contributed by atoms with E-state index in [2.05, 4.69) is 0 Å². The van der Waals surface area contributed by atoms with Gasteiger partial charge in [0.15, 0.2) is 0 Å². The highest BCUT2D eigenvalue weighted by molar-refractivity contribution is 5.69. The molecule has 0 saturated carbocycles. The summed E-state index contributed by atoms with van der Waals surface area (Å²) in [7, 11) is 0. The maximum Gasteiger partial charge on any atom is 0.401 e. The Morgan fingerprint density at radius 2 is 2.14 bits per heavy atom. The molecule has 0 spiro atoms. The van der Waals surface area contributed by atoms with Crippen molar-refractivity contribution >= 4 is 5.97 Å². The van der Waals surface area contributed by atoms with Gasteiger partial charge in [-0.25, -0.2) is 4.39 Å². The van der Waals surface area contributed by atoms with E-state index in [1.54, 1.807) is 0 Å². The standard InChI is InChI=1S/C13H13F4NO3/c14-9-1-2-11-8(3-9)4-10(21-11)5-18(6-12(19)20)7-13(15,16)17/h1-3,10H,4-7H2,(H,19,20). The average Bonchev–Trinajstić information content (AvgIpc) is 2.66. The molecule has 1 N–H and O–H groups in total. The van der Waals surface area contributed by atoms with Crippen LogP contribution in [0.4, 0.5) is 17.6 Å². The number of rotatable bonds is 5. The summed E-state index contributed by atoms with van der Waals surface area (Å²) in [5.74, 6) is -1.37. The van der Waals surface area contributed by atoms with E-state index >= 15 is 0 Å². The van der Waals surface area contributed by atoms with Crippen molar-refractivity contribution in [2.24, 2.45) is 0 Å². The van der Waals surface area contributed by atoms with Gasteiger partial charge in [-0.1, -0.05) is 0 Å². The number of hydrogen-bond acceptors (Lipinski definition) is 3. The minimum atomic E-state index is -4.49. The summed E-state index contributed by atoms with van der Waals surface area (Å²) in [5, 5.41) is 8.67. The smallest absolute Gasteiger partial charge is 0.401 e. The van der Waals surface area contributed by atoms with E-state index in [0.29, 0.717) is 11.3 Å². The second kappa shape index (κ2) is 5.88. The van der Waals surface area contributed by atoms with Crippen LogP contribution in [0.25, 0.3) is 0 Å². The lowest BCUT2D eigenvalue weighted by molar-refractivity contribution is -0.155. The van der Waals surface area contributed by atoms with Crippen molar-refractivity contribution < 1.29 is 32.2 Å². The van der Waals surface area contributed by atoms with Gasteiger partial charge in [0, 0.05) is 18.5 Å². The third-order valence-electron chi connectivity index (χ3n) is 2.99. The number of ether oxygens (including phenoxy) is 1. The Balaban J connectivity index is 2.00. The molecule has 0 bridgehead atoms. The molecule has 0 amide bonds. The first-order valence-electron chi connectivity index (χ1n) is 6.19. The van der Waals surface area contributed by atoms with Gasteiger partial charge in [-0.05, 0) is 18.2 Å². The lowest BCUT2D eigenvalue weighted by Gasteiger charge is -2.24. The Morgan fingerprint density at radius 3 is 2.76 bits per heavy atom. The van der Waals surface area contributed by atoms with E-state index in [9.17, 15) is 22.4 Å². The van der Waals surface area contributed by atoms with E-state index in [1.165, 1.54) is 18.2 Å². The summed E-state index contributed by atoms with van der Waals surface area (Å²) in [4.78, 5) is 11.4. The number of benzene rings is 1. The first kappa shape index (κ1) is 15.6. The van der Waals surface area contributed by atoms with E-state index in [1.807, 2.05) is 0 Å². The van der Waals surface area contributed by atoms with Crippen LogP contribution >= 0.6 is 0 Å². The Kier molecular flexibility index (Phi) is 4.36. The predicted molar refractivity (Wildman–Crippen MR) is 64.7 cm³/mol. The number of nitrogens with zero attached hydrogens (tertiary/aromatic N) is 1. The Hall–Kier alpha value is -1.83. The van der Waals surface area contributed by atoms with E-state index in [-0.39, 0.29) is 13.0 Å². The second-order valence-corrected chi connectivity index (χ2v) is 4.87. The molecule has 1 aliphatic heterocycles. The molecule has 21 heavy (non-hydrogen) atoms. The minimum absolute atomic E-state index is 0.192. The van der Waals surface area contributed by atoms with Crippen LogP contribution in [0.15, 0.2) is 18.2 Å². The largest absolute Gasteiger partial charge is 0.488 e. The van der Waals surface area contributed by atoms with Gasteiger partial charge in [-0.3, -0.25) is 9.69 Å². The van der Waals surface area contributed by atoms with Gasteiger partial charge in [-0.15, -0.1) is 0 Å². The summed E-state index contributed by atoms with van der Waals surface area (Å²) in [6.45, 7) is -2.25. The van der Waals surface area contributed by atoms with Gasteiger partial charge in [0.1, 0.15) is 17.7 Å². The zero-order chi connectivity index (χ0) is 15.6. The summed E-state index contributed by atoms with van der Waals surface area (Å²) >= 11 is 0. The number of carbonyl (C=O) groups is 1. The first-order valence-corrected chi connectivity index (χ1v) is 6.19. The third-order valence-corrected chi connectivity index (χ3v) is 2.99. The molecular formula is C13H13F4NO3. The van der Waals surface area contributed by atoms with Crippen LogP contribution in [-0.2, 0) is 11.2 Å². The van der Waals surface area contributed by atoms with Crippen molar-refractivity contribution in [3.8, 4) is 5.75 Å². The van der Waals surface area contributed by atoms with Crippen LogP contribution in [0.5, 0.6) is 5.75 Å². The molecule has 8 heteroatoms. The van der Waals surface area contributed by atoms with Gasteiger partial charge in [0.05, 0.1) is 13.1 Å². The van der Waals surface area contributed by atoms with Gasteiger partial charge < -0.3 is 9.84 Å². The maximum absolute atomic E-state index is 13.1. The van der Waals surface area contributed by atoms with Crippen LogP contribution in [0.1, 0.15) is 5.56 Å². The molecule has 1 atom stereocenters. The number of halogens is 4. The van der Waals surface area contributed by atoms with Gasteiger partial charge in [-0.2, -0.15) is 13.2 Å². The number of hydrogen-bond donors (Lipinski definition) is 1. The summed E-state index contributed by atoms with van der Waals surface area (Å²) in [6.07, 6.45) is -4.86. The monoisotopic (exact) mass is 307 g/mol. The van der Waals surface area contributed by atoms with Gasteiger partial charge >= 0.3 is 12.1 Å². The lowest BCUT2D eigenvalue weighted by atomic mass is 10.1. The van der Waals surface area contributed by atoms with E-state index in [4.69, 9.17) is 9.84 Å². The van der Waals surface area contributed by atoms with Crippen LogP contribution in [0.3, 0.4) is 0 Å². The zero-order valence-corrected chi connectivity index (χ0v) is 10.9. The van der Waals surface area contributed by atoms with Crippen molar-refractivity contribution in [1.82, 2.24) is 4.90 Å². The fourth-order valence-corrected chi connectivity index (χ4v) is 2.31. The Bertz CT molecular complexity index is 533. The second-order valence-electron chi connectivity index (χ2n) is 4.87. The van der Waals surface area contributed by atoms with Crippen LogP contribution in [0.2, 0.25) is 0 Å². The zero-order valence-electron chi connectivity index (χ0n) is 10.9. The molecule has 116 valence electrons. The van der Waals surface area contributed by atoms with Gasteiger partial charge in [0.25, 0.3) is 0 Å². The molecule has 2 rings (SSSR count). The molecule has 1 aromatic rings. The molecule has 4 nitrogen and oxygen atoms in total. The van der Waals surface area contributed by atoms with E-state index < -0.39 is 37.2 Å². The lowest BCUT2D eigenvalue weighted by Crippen LogP contribution is -2.43. The normalized spacial score (nSPS) is 17.7. The number of carboxylic acid groups (broad SMARTS) is 1. The minimum Gasteiger partial charge on any atom is -0.488 e. The van der Waals surface area contributed by atoms with Crippen molar-refractivity contribution in [2.75, 3.05) is 19.6 Å². The quantitative estimate of drug-likeness (QED) is 0.846. The molecule has 0 radical (unpaired) electrons. The van der Waals surface area contributed by atoms with Crippen LogP contribution in [0, 0.1) is 5.82 Å². The fourth-order valence-electron chi connectivity index (χ4n) is 2.31. The average molecular weight is 307 g/mol. The summed E-state index contributed by atoms with van der Waals surface area (Å²) in [6, 6.07) is 3.88. The summed E-state index contributed by atoms with van der Waals surface area (Å²) < 4.78 is 55.7. The van der Waals surface area contributed by atoms with Crippen molar-refractivity contribution in [3.63, 3.8) is 0 Å². The molecule has 1 aromatic carbocycles. The Labute approximate surface area is 117 Å². The Morgan fingerprint density at radius 1 is 1.43 bits per heavy atom. The molecule has 0 aliphatic carbocycles. The maximum atomic E-state index is 13.1. The number of aliphatic carboxylic acids is 1. The third kappa shape index (κ3) is 4.59. The van der Waals surface area contributed by atoms with Crippen molar-refractivity contribution in [3.05, 3.63) is 29.6 Å². The molecular weight excluding hydrogens is 294 g/mol. The van der Waals surface area contributed by atoms with E-state index in [0.717, 1.165) is 4.90 Å².